The molecule has 0 saturated heterocycles. The molecule has 0 atom stereocenters. The summed E-state index contributed by atoms with van der Waals surface area (Å²) in [5, 5.41) is 2.23. The van der Waals surface area contributed by atoms with Gasteiger partial charge in [-0.2, -0.15) is 0 Å². The van der Waals surface area contributed by atoms with E-state index in [-0.39, 0.29) is 12.2 Å². The topological polar surface area (TPSA) is 78.1 Å². The van der Waals surface area contributed by atoms with Gasteiger partial charge < -0.3 is 10.5 Å². The van der Waals surface area contributed by atoms with Gasteiger partial charge in [0.15, 0.2) is 10.9 Å². The predicted octanol–water partition coefficient (Wildman–Crippen LogP) is 1.55. The zero-order valence-corrected chi connectivity index (χ0v) is 10.0. The third kappa shape index (κ3) is 2.59. The first-order valence-electron chi connectivity index (χ1n) is 4.93. The number of rotatable bonds is 4. The first-order chi connectivity index (χ1) is 8.20. The van der Waals surface area contributed by atoms with Gasteiger partial charge in [-0.3, -0.25) is 4.79 Å². The van der Waals surface area contributed by atoms with Crippen molar-refractivity contribution in [2.45, 2.75) is 6.42 Å². The van der Waals surface area contributed by atoms with Gasteiger partial charge in [-0.15, -0.1) is 11.3 Å². The number of ketones is 1. The molecule has 0 aliphatic heterocycles. The number of Topliss-reactive ketones (excluding diaryl/α,β-unsaturated/α-hetero) is 1. The molecule has 2 N–H and O–H groups in total. The minimum Gasteiger partial charge on any atom is -0.494 e. The molecule has 0 bridgehead atoms. The van der Waals surface area contributed by atoms with Crippen LogP contribution in [0.3, 0.4) is 0 Å². The number of carbonyl (C=O) groups excluding carboxylic acids is 1. The molecule has 0 saturated carbocycles. The summed E-state index contributed by atoms with van der Waals surface area (Å²) < 4.78 is 5.08. The molecule has 0 fully saturated rings. The number of thiazole rings is 1. The summed E-state index contributed by atoms with van der Waals surface area (Å²) in [7, 11) is 1.51. The van der Waals surface area contributed by atoms with Crippen molar-refractivity contribution in [1.29, 1.82) is 0 Å². The Morgan fingerprint density at radius 3 is 3.06 bits per heavy atom. The van der Waals surface area contributed by atoms with Gasteiger partial charge in [-0.1, -0.05) is 0 Å². The second-order valence-corrected chi connectivity index (χ2v) is 4.22. The fraction of sp³-hybridized carbons (Fsp3) is 0.182. The summed E-state index contributed by atoms with van der Waals surface area (Å²) in [5.74, 6) is 0.341. The summed E-state index contributed by atoms with van der Waals surface area (Å²) in [6.07, 6.45) is 1.74. The van der Waals surface area contributed by atoms with Crippen LogP contribution in [0.1, 0.15) is 16.2 Å². The van der Waals surface area contributed by atoms with Crippen LogP contribution >= 0.6 is 11.3 Å². The van der Waals surface area contributed by atoms with E-state index in [9.17, 15) is 4.79 Å². The zero-order valence-electron chi connectivity index (χ0n) is 9.21. The van der Waals surface area contributed by atoms with E-state index in [4.69, 9.17) is 10.5 Å². The number of carbonyl (C=O) groups is 1. The van der Waals surface area contributed by atoms with Gasteiger partial charge in [-0.05, 0) is 12.1 Å². The van der Waals surface area contributed by atoms with Crippen molar-refractivity contribution < 1.29 is 9.53 Å². The van der Waals surface area contributed by atoms with Crippen molar-refractivity contribution in [1.82, 2.24) is 9.97 Å². The van der Waals surface area contributed by atoms with Gasteiger partial charge in [0.05, 0.1) is 19.2 Å². The standard InChI is InChI=1S/C11H11N3O2S/c1-16-9-3-2-4-13-10(9)8(15)5-7-6-17-11(12)14-7/h2-4,6H,5H2,1H3,(H2,12,14). The molecule has 88 valence electrons. The van der Waals surface area contributed by atoms with Gasteiger partial charge in [0.1, 0.15) is 11.4 Å². The molecule has 0 aliphatic rings. The molecule has 0 aliphatic carbocycles. The lowest BCUT2D eigenvalue weighted by Gasteiger charge is -2.04. The first-order valence-corrected chi connectivity index (χ1v) is 5.80. The van der Waals surface area contributed by atoms with Crippen LogP contribution in [0.2, 0.25) is 0 Å². The molecule has 6 heteroatoms. The van der Waals surface area contributed by atoms with E-state index in [1.807, 2.05) is 0 Å². The van der Waals surface area contributed by atoms with Gasteiger partial charge in [0, 0.05) is 11.6 Å². The van der Waals surface area contributed by atoms with Gasteiger partial charge in [0.25, 0.3) is 0 Å². The van der Waals surface area contributed by atoms with Gasteiger partial charge >= 0.3 is 0 Å². The number of aromatic nitrogens is 2. The van der Waals surface area contributed by atoms with E-state index in [0.717, 1.165) is 0 Å². The molecule has 5 nitrogen and oxygen atoms in total. The fourth-order valence-electron chi connectivity index (χ4n) is 1.42. The number of anilines is 1. The van der Waals surface area contributed by atoms with Crippen molar-refractivity contribution in [3.05, 3.63) is 35.1 Å². The molecule has 17 heavy (non-hydrogen) atoms. The largest absolute Gasteiger partial charge is 0.494 e. The number of nitrogens with two attached hydrogens (primary N) is 1. The van der Waals surface area contributed by atoms with Crippen LogP contribution in [0.25, 0.3) is 0 Å². The number of hydrogen-bond acceptors (Lipinski definition) is 6. The second-order valence-electron chi connectivity index (χ2n) is 3.33. The summed E-state index contributed by atoms with van der Waals surface area (Å²) in [6.45, 7) is 0. The fourth-order valence-corrected chi connectivity index (χ4v) is 1.98. The molecule has 0 aromatic carbocycles. The van der Waals surface area contributed by atoms with Gasteiger partial charge in [0.2, 0.25) is 0 Å². The highest BCUT2D eigenvalue weighted by molar-refractivity contribution is 7.13. The molecule has 2 rings (SSSR count). The van der Waals surface area contributed by atoms with Crippen LogP contribution < -0.4 is 10.5 Å². The van der Waals surface area contributed by atoms with E-state index in [1.54, 1.807) is 23.7 Å². The van der Waals surface area contributed by atoms with Crippen molar-refractivity contribution in [2.75, 3.05) is 12.8 Å². The number of methoxy groups -OCH3 is 1. The van der Waals surface area contributed by atoms with Crippen LogP contribution in [0.4, 0.5) is 5.13 Å². The Balaban J connectivity index is 2.20. The van der Waals surface area contributed by atoms with Crippen LogP contribution in [0.15, 0.2) is 23.7 Å². The highest BCUT2D eigenvalue weighted by atomic mass is 32.1. The second kappa shape index (κ2) is 4.92. The number of hydrogen-bond donors (Lipinski definition) is 1. The van der Waals surface area contributed by atoms with Crippen LogP contribution in [-0.2, 0) is 6.42 Å². The third-order valence-corrected chi connectivity index (χ3v) is 2.89. The number of nitrogens with zero attached hydrogens (tertiary/aromatic N) is 2. The van der Waals surface area contributed by atoms with E-state index < -0.39 is 0 Å². The van der Waals surface area contributed by atoms with Crippen LogP contribution in [0.5, 0.6) is 5.75 Å². The van der Waals surface area contributed by atoms with Crippen LogP contribution in [0, 0.1) is 0 Å². The molecule has 2 heterocycles. The zero-order chi connectivity index (χ0) is 12.3. The Bertz CT molecular complexity index is 539. The Morgan fingerprint density at radius 1 is 1.59 bits per heavy atom. The number of pyridine rings is 1. The molecular weight excluding hydrogens is 238 g/mol. The SMILES string of the molecule is COc1cccnc1C(=O)Cc1csc(N)n1. The molecule has 2 aromatic heterocycles. The maximum Gasteiger partial charge on any atom is 0.190 e. The monoisotopic (exact) mass is 249 g/mol. The molecule has 0 radical (unpaired) electrons. The Labute approximate surface area is 102 Å². The Hall–Kier alpha value is -1.95. The summed E-state index contributed by atoms with van der Waals surface area (Å²) >= 11 is 1.31. The van der Waals surface area contributed by atoms with Crippen molar-refractivity contribution in [3.63, 3.8) is 0 Å². The summed E-state index contributed by atoms with van der Waals surface area (Å²) in [4.78, 5) is 20.0. The smallest absolute Gasteiger partial charge is 0.190 e. The summed E-state index contributed by atoms with van der Waals surface area (Å²) in [6, 6.07) is 3.42. The van der Waals surface area contributed by atoms with E-state index in [1.165, 1.54) is 18.4 Å². The Kier molecular flexibility index (Phi) is 3.34. The maximum absolute atomic E-state index is 12.0. The average molecular weight is 249 g/mol. The predicted molar refractivity (Wildman–Crippen MR) is 65.3 cm³/mol. The molecule has 0 spiro atoms. The molecule has 0 unspecified atom stereocenters. The van der Waals surface area contributed by atoms with Crippen LogP contribution in [-0.4, -0.2) is 22.9 Å². The number of ether oxygens (including phenoxy) is 1. The highest BCUT2D eigenvalue weighted by Crippen LogP contribution is 2.18. The summed E-state index contributed by atoms with van der Waals surface area (Å²) in [5.41, 5.74) is 6.48. The quantitative estimate of drug-likeness (QED) is 0.832. The lowest BCUT2D eigenvalue weighted by Crippen LogP contribution is -2.08. The first kappa shape index (κ1) is 11.5. The van der Waals surface area contributed by atoms with E-state index in [0.29, 0.717) is 22.3 Å². The minimum atomic E-state index is -0.132. The average Bonchev–Trinajstić information content (AvgIpc) is 2.74. The lowest BCUT2D eigenvalue weighted by atomic mass is 10.1. The Morgan fingerprint density at radius 2 is 2.41 bits per heavy atom. The molecular formula is C11H11N3O2S. The highest BCUT2D eigenvalue weighted by Gasteiger charge is 2.15. The molecule has 0 amide bonds. The normalized spacial score (nSPS) is 10.2. The number of nitrogen functional groups attached to an aromatic ring is 1. The maximum atomic E-state index is 12.0. The van der Waals surface area contributed by atoms with E-state index >= 15 is 0 Å². The van der Waals surface area contributed by atoms with Crippen molar-refractivity contribution in [2.24, 2.45) is 0 Å². The van der Waals surface area contributed by atoms with Crippen molar-refractivity contribution >= 4 is 22.3 Å². The third-order valence-electron chi connectivity index (χ3n) is 2.17. The van der Waals surface area contributed by atoms with E-state index in [2.05, 4.69) is 9.97 Å². The van der Waals surface area contributed by atoms with Crippen molar-refractivity contribution in [3.8, 4) is 5.75 Å². The van der Waals surface area contributed by atoms with Gasteiger partial charge in [-0.25, -0.2) is 9.97 Å². The minimum absolute atomic E-state index is 0.132. The molecule has 2 aromatic rings. The lowest BCUT2D eigenvalue weighted by molar-refractivity contribution is 0.0984.